The molecule has 15 heavy (non-hydrogen) atoms. The summed E-state index contributed by atoms with van der Waals surface area (Å²) < 4.78 is 1.87. The quantitative estimate of drug-likeness (QED) is 0.759. The van der Waals surface area contributed by atoms with E-state index in [9.17, 15) is 0 Å². The Morgan fingerprint density at radius 3 is 2.07 bits per heavy atom. The summed E-state index contributed by atoms with van der Waals surface area (Å²) in [6.45, 7) is 11.8. The molecule has 0 spiro atoms. The molecule has 1 heterocycles. The summed E-state index contributed by atoms with van der Waals surface area (Å²) in [5, 5.41) is 8.10. The largest absolute Gasteiger partial charge is 0.293 e. The molecule has 0 unspecified atom stereocenters. The van der Waals surface area contributed by atoms with Crippen molar-refractivity contribution in [2.75, 3.05) is 0 Å². The first-order valence-corrected chi connectivity index (χ1v) is 5.54. The lowest BCUT2D eigenvalue weighted by atomic mass is 10.2. The Hall–Kier alpha value is -0.900. The zero-order valence-corrected chi connectivity index (χ0v) is 10.7. The van der Waals surface area contributed by atoms with Crippen LogP contribution < -0.4 is 0 Å². The molecule has 0 saturated carbocycles. The van der Waals surface area contributed by atoms with Crippen molar-refractivity contribution in [1.29, 1.82) is 0 Å². The van der Waals surface area contributed by atoms with Crippen LogP contribution in [0.2, 0.25) is 0 Å². The molecular weight excluding hydrogens is 188 g/mol. The number of nitrogens with zero attached hydrogens (tertiary/aromatic N) is 4. The van der Waals surface area contributed by atoms with Gasteiger partial charge in [-0.25, -0.2) is 0 Å². The first-order valence-electron chi connectivity index (χ1n) is 5.54. The topological polar surface area (TPSA) is 34.0 Å². The van der Waals surface area contributed by atoms with Gasteiger partial charge in [-0.15, -0.1) is 5.10 Å². The lowest BCUT2D eigenvalue weighted by Gasteiger charge is -2.30. The molecule has 86 valence electrons. The van der Waals surface area contributed by atoms with Crippen molar-refractivity contribution in [1.82, 2.24) is 19.9 Å². The second kappa shape index (κ2) is 4.75. The number of aryl methyl sites for hydroxylation is 2. The maximum absolute atomic E-state index is 4.07. The second-order valence-corrected chi connectivity index (χ2v) is 4.60. The average Bonchev–Trinajstić information content (AvgIpc) is 2.42. The van der Waals surface area contributed by atoms with Crippen LogP contribution in [0, 0.1) is 6.92 Å². The minimum absolute atomic E-state index is 0.541. The van der Waals surface area contributed by atoms with E-state index in [1.807, 2.05) is 18.7 Å². The average molecular weight is 210 g/mol. The van der Waals surface area contributed by atoms with Gasteiger partial charge in [-0.1, -0.05) is 5.21 Å². The highest BCUT2D eigenvalue weighted by Gasteiger charge is 2.17. The maximum Gasteiger partial charge on any atom is 0.0841 e. The molecule has 0 aromatic carbocycles. The summed E-state index contributed by atoms with van der Waals surface area (Å²) >= 11 is 0. The van der Waals surface area contributed by atoms with Gasteiger partial charge in [0.15, 0.2) is 0 Å². The molecule has 1 aromatic rings. The standard InChI is InChI=1S/C11H22N4/c1-8(2)15(9(3)4)7-11-10(5)12-13-14(11)6/h8-9H,7H2,1-6H3. The normalized spacial score (nSPS) is 12.1. The summed E-state index contributed by atoms with van der Waals surface area (Å²) in [5.74, 6) is 0. The number of hydrogen-bond donors (Lipinski definition) is 0. The van der Waals surface area contributed by atoms with Gasteiger partial charge in [-0.3, -0.25) is 9.58 Å². The van der Waals surface area contributed by atoms with Crippen LogP contribution in [0.1, 0.15) is 39.1 Å². The minimum Gasteiger partial charge on any atom is -0.293 e. The molecule has 0 aliphatic rings. The fourth-order valence-electron chi connectivity index (χ4n) is 1.83. The van der Waals surface area contributed by atoms with Crippen molar-refractivity contribution >= 4 is 0 Å². The third kappa shape index (κ3) is 2.78. The van der Waals surface area contributed by atoms with Gasteiger partial charge >= 0.3 is 0 Å². The molecule has 0 fully saturated rings. The number of hydrogen-bond acceptors (Lipinski definition) is 3. The predicted molar refractivity (Wildman–Crippen MR) is 61.6 cm³/mol. The van der Waals surface area contributed by atoms with E-state index in [2.05, 4.69) is 42.9 Å². The van der Waals surface area contributed by atoms with Crippen LogP contribution in [-0.4, -0.2) is 32.0 Å². The summed E-state index contributed by atoms with van der Waals surface area (Å²) in [5.41, 5.74) is 2.24. The monoisotopic (exact) mass is 210 g/mol. The fraction of sp³-hybridized carbons (Fsp3) is 0.818. The molecule has 0 saturated heterocycles. The lowest BCUT2D eigenvalue weighted by Crippen LogP contribution is -2.37. The van der Waals surface area contributed by atoms with Gasteiger partial charge in [0.05, 0.1) is 11.4 Å². The Balaban J connectivity index is 2.83. The van der Waals surface area contributed by atoms with Gasteiger partial charge in [0.2, 0.25) is 0 Å². The van der Waals surface area contributed by atoms with E-state index in [-0.39, 0.29) is 0 Å². The Morgan fingerprint density at radius 1 is 1.20 bits per heavy atom. The van der Waals surface area contributed by atoms with Crippen molar-refractivity contribution < 1.29 is 0 Å². The van der Waals surface area contributed by atoms with Crippen LogP contribution in [0.15, 0.2) is 0 Å². The van der Waals surface area contributed by atoms with Crippen LogP contribution >= 0.6 is 0 Å². The van der Waals surface area contributed by atoms with Crippen LogP contribution in [0.3, 0.4) is 0 Å². The van der Waals surface area contributed by atoms with Gasteiger partial charge in [0.25, 0.3) is 0 Å². The smallest absolute Gasteiger partial charge is 0.0841 e. The highest BCUT2D eigenvalue weighted by atomic mass is 15.4. The van der Waals surface area contributed by atoms with E-state index < -0.39 is 0 Å². The molecule has 0 N–H and O–H groups in total. The predicted octanol–water partition coefficient (Wildman–Crippen LogP) is 1.74. The lowest BCUT2D eigenvalue weighted by molar-refractivity contribution is 0.161. The van der Waals surface area contributed by atoms with E-state index in [1.165, 1.54) is 5.69 Å². The first kappa shape index (κ1) is 12.2. The molecule has 1 rings (SSSR count). The van der Waals surface area contributed by atoms with Crippen molar-refractivity contribution in [3.05, 3.63) is 11.4 Å². The molecule has 0 bridgehead atoms. The van der Waals surface area contributed by atoms with Crippen LogP contribution in [-0.2, 0) is 13.6 Å². The summed E-state index contributed by atoms with van der Waals surface area (Å²) in [7, 11) is 1.95. The zero-order chi connectivity index (χ0) is 11.6. The molecule has 0 aliphatic carbocycles. The van der Waals surface area contributed by atoms with Crippen molar-refractivity contribution in [3.8, 4) is 0 Å². The van der Waals surface area contributed by atoms with E-state index in [1.54, 1.807) is 0 Å². The maximum atomic E-state index is 4.07. The van der Waals surface area contributed by atoms with Crippen LogP contribution in [0.5, 0.6) is 0 Å². The summed E-state index contributed by atoms with van der Waals surface area (Å²) in [4.78, 5) is 2.44. The highest BCUT2D eigenvalue weighted by Crippen LogP contribution is 2.12. The summed E-state index contributed by atoms with van der Waals surface area (Å²) in [6, 6.07) is 1.08. The highest BCUT2D eigenvalue weighted by molar-refractivity contribution is 5.07. The van der Waals surface area contributed by atoms with Crippen LogP contribution in [0.4, 0.5) is 0 Å². The zero-order valence-electron chi connectivity index (χ0n) is 10.7. The Kier molecular flexibility index (Phi) is 3.85. The van der Waals surface area contributed by atoms with Crippen molar-refractivity contribution in [2.24, 2.45) is 7.05 Å². The number of aromatic nitrogens is 3. The molecular formula is C11H22N4. The molecule has 0 atom stereocenters. The van der Waals surface area contributed by atoms with Crippen molar-refractivity contribution in [2.45, 2.75) is 53.2 Å². The molecule has 1 aromatic heterocycles. The van der Waals surface area contributed by atoms with Gasteiger partial charge in [-0.2, -0.15) is 0 Å². The molecule has 0 radical (unpaired) electrons. The molecule has 0 amide bonds. The first-order chi connectivity index (χ1) is 6.93. The Labute approximate surface area is 92.3 Å². The van der Waals surface area contributed by atoms with Crippen LogP contribution in [0.25, 0.3) is 0 Å². The van der Waals surface area contributed by atoms with Crippen molar-refractivity contribution in [3.63, 3.8) is 0 Å². The van der Waals surface area contributed by atoms with Gasteiger partial charge in [0.1, 0.15) is 0 Å². The third-order valence-electron chi connectivity index (χ3n) is 2.80. The molecule has 0 aliphatic heterocycles. The summed E-state index contributed by atoms with van der Waals surface area (Å²) in [6.07, 6.45) is 0. The third-order valence-corrected chi connectivity index (χ3v) is 2.80. The second-order valence-electron chi connectivity index (χ2n) is 4.60. The van der Waals surface area contributed by atoms with Gasteiger partial charge < -0.3 is 0 Å². The van der Waals surface area contributed by atoms with Gasteiger partial charge in [-0.05, 0) is 34.6 Å². The fourth-order valence-corrected chi connectivity index (χ4v) is 1.83. The van der Waals surface area contributed by atoms with E-state index in [0.717, 1.165) is 12.2 Å². The Bertz CT molecular complexity index is 287. The molecule has 4 nitrogen and oxygen atoms in total. The SMILES string of the molecule is Cc1nnn(C)c1CN(C(C)C)C(C)C. The molecule has 4 heteroatoms. The Morgan fingerprint density at radius 2 is 1.73 bits per heavy atom. The minimum atomic E-state index is 0.541. The van der Waals surface area contributed by atoms with E-state index >= 15 is 0 Å². The van der Waals surface area contributed by atoms with Gasteiger partial charge in [0, 0.05) is 25.7 Å². The van der Waals surface area contributed by atoms with E-state index in [4.69, 9.17) is 0 Å². The number of rotatable bonds is 4. The van der Waals surface area contributed by atoms with E-state index in [0.29, 0.717) is 12.1 Å².